The summed E-state index contributed by atoms with van der Waals surface area (Å²) in [4.78, 5) is 0. The molecule has 0 atom stereocenters. The number of hydrogen-bond acceptors (Lipinski definition) is 1. The molecule has 0 unspecified atom stereocenters. The number of halogens is 6. The van der Waals surface area contributed by atoms with Crippen molar-refractivity contribution in [3.05, 3.63) is 64.7 Å². The molecule has 0 aromatic heterocycles. The van der Waals surface area contributed by atoms with Gasteiger partial charge in [-0.1, -0.05) is 29.8 Å². The highest BCUT2D eigenvalue weighted by atomic mass is 19.4. The van der Waals surface area contributed by atoms with Crippen molar-refractivity contribution in [3.8, 4) is 5.75 Å². The minimum atomic E-state index is -4.89. The van der Waals surface area contributed by atoms with E-state index in [0.717, 1.165) is 5.56 Å². The lowest BCUT2D eigenvalue weighted by Crippen LogP contribution is -2.11. The predicted octanol–water partition coefficient (Wildman–Crippen LogP) is 5.61. The van der Waals surface area contributed by atoms with Crippen LogP contribution in [0.3, 0.4) is 0 Å². The molecule has 2 rings (SSSR count). The summed E-state index contributed by atoms with van der Waals surface area (Å²) >= 11 is 0. The van der Waals surface area contributed by atoms with E-state index in [-0.39, 0.29) is 12.7 Å². The fourth-order valence-electron chi connectivity index (χ4n) is 1.86. The Kier molecular flexibility index (Phi) is 4.58. The fraction of sp³-hybridized carbons (Fsp3) is 0.250. The molecule has 7 heteroatoms. The van der Waals surface area contributed by atoms with Crippen LogP contribution < -0.4 is 4.74 Å². The number of alkyl halides is 6. The number of benzene rings is 2. The largest absolute Gasteiger partial charge is 0.489 e. The second-order valence-corrected chi connectivity index (χ2v) is 5.02. The molecule has 0 aliphatic rings. The molecule has 0 saturated heterocycles. The van der Waals surface area contributed by atoms with E-state index < -0.39 is 29.2 Å². The van der Waals surface area contributed by atoms with Crippen LogP contribution in [0.4, 0.5) is 26.3 Å². The lowest BCUT2D eigenvalue weighted by molar-refractivity contribution is -0.143. The molecule has 0 heterocycles. The molecule has 2 aromatic rings. The maximum atomic E-state index is 12.7. The topological polar surface area (TPSA) is 9.23 Å². The molecule has 0 bridgehead atoms. The second kappa shape index (κ2) is 6.14. The smallest absolute Gasteiger partial charge is 0.416 e. The van der Waals surface area contributed by atoms with Gasteiger partial charge in [-0.25, -0.2) is 0 Å². The first-order valence-electron chi connectivity index (χ1n) is 6.53. The summed E-state index contributed by atoms with van der Waals surface area (Å²) in [5, 5.41) is 0. The first-order chi connectivity index (χ1) is 10.6. The van der Waals surface area contributed by atoms with Gasteiger partial charge in [0.15, 0.2) is 0 Å². The van der Waals surface area contributed by atoms with Crippen molar-refractivity contribution >= 4 is 0 Å². The summed E-state index contributed by atoms with van der Waals surface area (Å²) in [6.45, 7) is 1.73. The Hall–Kier alpha value is -2.18. The van der Waals surface area contributed by atoms with Crippen LogP contribution >= 0.6 is 0 Å². The molecular weight excluding hydrogens is 322 g/mol. The summed E-state index contributed by atoms with van der Waals surface area (Å²) in [6.07, 6.45) is -9.77. The lowest BCUT2D eigenvalue weighted by atomic mass is 10.1. The molecule has 0 amide bonds. The highest BCUT2D eigenvalue weighted by Gasteiger charge is 2.37. The van der Waals surface area contributed by atoms with Gasteiger partial charge in [-0.3, -0.25) is 0 Å². The van der Waals surface area contributed by atoms with Crippen LogP contribution in [0.25, 0.3) is 0 Å². The second-order valence-electron chi connectivity index (χ2n) is 5.02. The van der Waals surface area contributed by atoms with Crippen molar-refractivity contribution in [1.29, 1.82) is 0 Å². The zero-order chi connectivity index (χ0) is 17.3. The summed E-state index contributed by atoms with van der Waals surface area (Å²) in [5.74, 6) is -0.479. The van der Waals surface area contributed by atoms with Gasteiger partial charge in [0.1, 0.15) is 12.4 Å². The normalized spacial score (nSPS) is 12.3. The van der Waals surface area contributed by atoms with Crippen LogP contribution in [0.5, 0.6) is 5.75 Å². The third kappa shape index (κ3) is 4.64. The zero-order valence-corrected chi connectivity index (χ0v) is 11.9. The Labute approximate surface area is 128 Å². The van der Waals surface area contributed by atoms with Crippen molar-refractivity contribution < 1.29 is 31.1 Å². The quantitative estimate of drug-likeness (QED) is 0.663. The molecule has 0 aliphatic carbocycles. The number of hydrogen-bond donors (Lipinski definition) is 0. The van der Waals surface area contributed by atoms with Gasteiger partial charge in [-0.2, -0.15) is 26.3 Å². The van der Waals surface area contributed by atoms with Gasteiger partial charge in [0, 0.05) is 0 Å². The van der Waals surface area contributed by atoms with Crippen molar-refractivity contribution in [2.45, 2.75) is 25.9 Å². The number of ether oxygens (including phenoxy) is 1. The monoisotopic (exact) mass is 334 g/mol. The molecule has 0 N–H and O–H groups in total. The molecule has 0 spiro atoms. The van der Waals surface area contributed by atoms with Crippen LogP contribution in [0.1, 0.15) is 22.3 Å². The molecular formula is C16H12F6O. The first kappa shape index (κ1) is 17.2. The van der Waals surface area contributed by atoms with Crippen molar-refractivity contribution in [1.82, 2.24) is 0 Å². The van der Waals surface area contributed by atoms with Gasteiger partial charge in [0.2, 0.25) is 0 Å². The van der Waals surface area contributed by atoms with E-state index in [2.05, 4.69) is 0 Å². The van der Waals surface area contributed by atoms with Crippen molar-refractivity contribution in [2.24, 2.45) is 0 Å². The summed E-state index contributed by atoms with van der Waals surface area (Å²) in [5.41, 5.74) is -1.17. The molecule has 0 saturated carbocycles. The maximum absolute atomic E-state index is 12.7. The molecule has 0 radical (unpaired) electrons. The Bertz CT molecular complexity index is 638. The van der Waals surface area contributed by atoms with Gasteiger partial charge < -0.3 is 4.74 Å². The van der Waals surface area contributed by atoms with Crippen molar-refractivity contribution in [3.63, 3.8) is 0 Å². The van der Waals surface area contributed by atoms with Gasteiger partial charge in [0.05, 0.1) is 11.1 Å². The Morgan fingerprint density at radius 3 is 1.70 bits per heavy atom. The van der Waals surface area contributed by atoms with Gasteiger partial charge in [-0.05, 0) is 30.7 Å². The van der Waals surface area contributed by atoms with Crippen LogP contribution in [-0.4, -0.2) is 0 Å². The minimum Gasteiger partial charge on any atom is -0.489 e. The molecule has 2 aromatic carbocycles. The zero-order valence-electron chi connectivity index (χ0n) is 11.9. The first-order valence-corrected chi connectivity index (χ1v) is 6.53. The Morgan fingerprint density at radius 2 is 1.26 bits per heavy atom. The Balaban J connectivity index is 2.28. The fourth-order valence-corrected chi connectivity index (χ4v) is 1.86. The molecule has 0 aliphatic heterocycles. The molecule has 0 fully saturated rings. The van der Waals surface area contributed by atoms with Crippen LogP contribution in [0.15, 0.2) is 42.5 Å². The molecule has 124 valence electrons. The van der Waals surface area contributed by atoms with E-state index in [0.29, 0.717) is 17.7 Å². The average Bonchev–Trinajstić information content (AvgIpc) is 2.44. The highest BCUT2D eigenvalue weighted by molar-refractivity contribution is 5.37. The van der Waals surface area contributed by atoms with E-state index in [4.69, 9.17) is 4.74 Å². The number of rotatable bonds is 3. The van der Waals surface area contributed by atoms with Crippen LogP contribution in [-0.2, 0) is 19.0 Å². The molecule has 1 nitrogen and oxygen atoms in total. The van der Waals surface area contributed by atoms with Gasteiger partial charge in [0.25, 0.3) is 0 Å². The average molecular weight is 334 g/mol. The summed E-state index contributed by atoms with van der Waals surface area (Å²) in [6, 6.07) is 8.10. The van der Waals surface area contributed by atoms with E-state index >= 15 is 0 Å². The SMILES string of the molecule is Cc1ccc(COc2cc(C(F)(F)F)cc(C(F)(F)F)c2)cc1. The maximum Gasteiger partial charge on any atom is 0.416 e. The van der Waals surface area contributed by atoms with E-state index in [1.54, 1.807) is 24.3 Å². The highest BCUT2D eigenvalue weighted by Crippen LogP contribution is 2.38. The predicted molar refractivity (Wildman–Crippen MR) is 72.0 cm³/mol. The van der Waals surface area contributed by atoms with E-state index in [1.807, 2.05) is 6.92 Å². The minimum absolute atomic E-state index is 0.0682. The number of aryl methyl sites for hydroxylation is 1. The van der Waals surface area contributed by atoms with Crippen LogP contribution in [0.2, 0.25) is 0 Å². The lowest BCUT2D eigenvalue weighted by Gasteiger charge is -2.15. The van der Waals surface area contributed by atoms with Crippen molar-refractivity contribution in [2.75, 3.05) is 0 Å². The summed E-state index contributed by atoms with van der Waals surface area (Å²) < 4.78 is 81.4. The summed E-state index contributed by atoms with van der Waals surface area (Å²) in [7, 11) is 0. The van der Waals surface area contributed by atoms with E-state index in [1.165, 1.54) is 0 Å². The van der Waals surface area contributed by atoms with Crippen LogP contribution in [0, 0.1) is 6.92 Å². The third-order valence-corrected chi connectivity index (χ3v) is 3.09. The standard InChI is InChI=1S/C16H12F6O/c1-10-2-4-11(5-3-10)9-23-14-7-12(15(17,18)19)6-13(8-14)16(20,21)22/h2-8H,9H2,1H3. The van der Waals surface area contributed by atoms with Gasteiger partial charge in [-0.15, -0.1) is 0 Å². The van der Waals surface area contributed by atoms with E-state index in [9.17, 15) is 26.3 Å². The third-order valence-electron chi connectivity index (χ3n) is 3.09. The molecule has 23 heavy (non-hydrogen) atoms. The van der Waals surface area contributed by atoms with Gasteiger partial charge >= 0.3 is 12.4 Å². The Morgan fingerprint density at radius 1 is 0.783 bits per heavy atom.